The van der Waals surface area contributed by atoms with E-state index in [9.17, 15) is 8.78 Å². The van der Waals surface area contributed by atoms with Crippen molar-refractivity contribution in [1.82, 2.24) is 10.3 Å². The second-order valence-electron chi connectivity index (χ2n) is 6.57. The molecule has 0 aliphatic carbocycles. The number of hydrogen-bond donors (Lipinski definition) is 4. The van der Waals surface area contributed by atoms with E-state index in [0.29, 0.717) is 29.1 Å². The number of pyridine rings is 1. The molecule has 8 heteroatoms. The first-order valence-electron chi connectivity index (χ1n) is 8.63. The molecular weight excluding hydrogens is 350 g/mol. The minimum atomic E-state index is -0.851. The van der Waals surface area contributed by atoms with Crippen LogP contribution in [0.4, 0.5) is 20.3 Å². The predicted molar refractivity (Wildman–Crippen MR) is 104 cm³/mol. The Kier molecular flexibility index (Phi) is 5.46. The SMILES string of the molecule is CNCC(C=N)c1cc(C(=N)c2ccnc(N3CC(F)C3)c2)c(N)cc1F. The van der Waals surface area contributed by atoms with Crippen LogP contribution in [0.25, 0.3) is 0 Å². The Hall–Kier alpha value is -2.87. The number of aromatic nitrogens is 1. The molecule has 6 nitrogen and oxygen atoms in total. The van der Waals surface area contributed by atoms with Gasteiger partial charge in [-0.15, -0.1) is 0 Å². The summed E-state index contributed by atoms with van der Waals surface area (Å²) < 4.78 is 27.5. The molecule has 142 valence electrons. The van der Waals surface area contributed by atoms with Crippen LogP contribution in [0.5, 0.6) is 0 Å². The van der Waals surface area contributed by atoms with E-state index in [1.807, 2.05) is 0 Å². The fraction of sp³-hybridized carbons (Fsp3) is 0.316. The van der Waals surface area contributed by atoms with Crippen LogP contribution in [0.3, 0.4) is 0 Å². The number of likely N-dealkylation sites (N-methyl/N-ethyl adjacent to an activating group) is 1. The summed E-state index contributed by atoms with van der Waals surface area (Å²) in [7, 11) is 1.73. The van der Waals surface area contributed by atoms with Crippen LogP contribution in [0.15, 0.2) is 30.5 Å². The zero-order valence-electron chi connectivity index (χ0n) is 15.0. The Bertz CT molecular complexity index is 863. The number of nitrogen functional groups attached to an aromatic ring is 1. The Morgan fingerprint density at radius 2 is 2.19 bits per heavy atom. The molecule has 0 spiro atoms. The van der Waals surface area contributed by atoms with E-state index in [-0.39, 0.29) is 24.5 Å². The van der Waals surface area contributed by atoms with Gasteiger partial charge in [0, 0.05) is 41.7 Å². The zero-order chi connectivity index (χ0) is 19.6. The zero-order valence-corrected chi connectivity index (χ0v) is 15.0. The van der Waals surface area contributed by atoms with Crippen molar-refractivity contribution in [3.8, 4) is 0 Å². The summed E-state index contributed by atoms with van der Waals surface area (Å²) in [6, 6.07) is 6.10. The maximum Gasteiger partial charge on any atom is 0.135 e. The highest BCUT2D eigenvalue weighted by molar-refractivity contribution is 6.14. The number of nitrogens with two attached hydrogens (primary N) is 1. The van der Waals surface area contributed by atoms with Gasteiger partial charge in [-0.05, 0) is 36.9 Å². The maximum atomic E-state index is 14.4. The van der Waals surface area contributed by atoms with Crippen LogP contribution in [0.1, 0.15) is 22.6 Å². The van der Waals surface area contributed by atoms with E-state index in [4.69, 9.17) is 16.6 Å². The molecule has 1 unspecified atom stereocenters. The molecule has 1 aromatic heterocycles. The van der Waals surface area contributed by atoms with Gasteiger partial charge in [0.15, 0.2) is 0 Å². The van der Waals surface area contributed by atoms with Crippen molar-refractivity contribution in [2.45, 2.75) is 12.1 Å². The highest BCUT2D eigenvalue weighted by Crippen LogP contribution is 2.27. The Labute approximate surface area is 156 Å². The summed E-state index contributed by atoms with van der Waals surface area (Å²) >= 11 is 0. The molecule has 0 bridgehead atoms. The monoisotopic (exact) mass is 372 g/mol. The molecule has 1 saturated heterocycles. The molecule has 1 fully saturated rings. The number of rotatable bonds is 7. The van der Waals surface area contributed by atoms with Gasteiger partial charge in [0.05, 0.1) is 18.8 Å². The van der Waals surface area contributed by atoms with Crippen molar-refractivity contribution >= 4 is 23.4 Å². The summed E-state index contributed by atoms with van der Waals surface area (Å²) in [6.45, 7) is 0.977. The standard InChI is InChI=1S/C19H22F2N6/c1-25-8-12(7-22)14-5-15(17(23)6-16(14)21)19(24)11-2-3-26-18(4-11)27-9-13(20)10-27/h2-7,12-13,22,24-25H,8-10,23H2,1H3. The number of halogens is 2. The topological polar surface area (TPSA) is 102 Å². The molecule has 0 saturated carbocycles. The molecular formula is C19H22F2N6. The largest absolute Gasteiger partial charge is 0.398 e. The second kappa shape index (κ2) is 7.79. The first kappa shape index (κ1) is 18.9. The van der Waals surface area contributed by atoms with E-state index in [1.54, 1.807) is 30.3 Å². The number of anilines is 2. The summed E-state index contributed by atoms with van der Waals surface area (Å²) in [5, 5.41) is 19.0. The number of nitrogens with one attached hydrogen (secondary N) is 3. The lowest BCUT2D eigenvalue weighted by atomic mass is 9.93. The lowest BCUT2D eigenvalue weighted by molar-refractivity contribution is 0.273. The normalized spacial score (nSPS) is 15.3. The van der Waals surface area contributed by atoms with Gasteiger partial charge in [0.1, 0.15) is 17.8 Å². The molecule has 27 heavy (non-hydrogen) atoms. The Morgan fingerprint density at radius 1 is 1.44 bits per heavy atom. The summed E-state index contributed by atoms with van der Waals surface area (Å²) in [5.41, 5.74) is 7.51. The third-order valence-corrected chi connectivity index (χ3v) is 4.66. The first-order valence-corrected chi connectivity index (χ1v) is 8.63. The fourth-order valence-corrected chi connectivity index (χ4v) is 3.10. The lowest BCUT2D eigenvalue weighted by Gasteiger charge is -2.35. The smallest absolute Gasteiger partial charge is 0.135 e. The quantitative estimate of drug-likeness (QED) is 0.442. The molecule has 1 atom stereocenters. The first-order chi connectivity index (χ1) is 12.9. The predicted octanol–water partition coefficient (Wildman–Crippen LogP) is 2.33. The third-order valence-electron chi connectivity index (χ3n) is 4.66. The average molecular weight is 372 g/mol. The summed E-state index contributed by atoms with van der Waals surface area (Å²) in [6.07, 6.45) is 1.88. The fourth-order valence-electron chi connectivity index (χ4n) is 3.10. The van der Waals surface area contributed by atoms with Crippen LogP contribution < -0.4 is 16.0 Å². The van der Waals surface area contributed by atoms with Crippen LogP contribution in [-0.4, -0.2) is 49.8 Å². The summed E-state index contributed by atoms with van der Waals surface area (Å²) in [4.78, 5) is 6.02. The van der Waals surface area contributed by atoms with Crippen LogP contribution in [0.2, 0.25) is 0 Å². The van der Waals surface area contributed by atoms with Gasteiger partial charge < -0.3 is 21.4 Å². The van der Waals surface area contributed by atoms with Gasteiger partial charge in [0.2, 0.25) is 0 Å². The molecule has 5 N–H and O–H groups in total. The third kappa shape index (κ3) is 3.80. The average Bonchev–Trinajstić information content (AvgIpc) is 2.63. The van der Waals surface area contributed by atoms with E-state index in [2.05, 4.69) is 10.3 Å². The molecule has 2 aromatic rings. The second-order valence-corrected chi connectivity index (χ2v) is 6.57. The van der Waals surface area contributed by atoms with Crippen molar-refractivity contribution in [2.24, 2.45) is 0 Å². The van der Waals surface area contributed by atoms with Gasteiger partial charge in [-0.3, -0.25) is 5.41 Å². The highest BCUT2D eigenvalue weighted by Gasteiger charge is 2.27. The van der Waals surface area contributed by atoms with Gasteiger partial charge in [-0.25, -0.2) is 13.8 Å². The van der Waals surface area contributed by atoms with E-state index in [0.717, 1.165) is 0 Å². The minimum absolute atomic E-state index is 0.128. The minimum Gasteiger partial charge on any atom is -0.398 e. The molecule has 1 aromatic carbocycles. The lowest BCUT2D eigenvalue weighted by Crippen LogP contribution is -2.48. The van der Waals surface area contributed by atoms with Crippen molar-refractivity contribution in [1.29, 1.82) is 10.8 Å². The molecule has 1 aliphatic rings. The van der Waals surface area contributed by atoms with Gasteiger partial charge in [-0.2, -0.15) is 0 Å². The molecule has 1 aliphatic heterocycles. The van der Waals surface area contributed by atoms with Crippen molar-refractivity contribution in [3.05, 3.63) is 53.0 Å². The number of benzene rings is 1. The van der Waals surface area contributed by atoms with Gasteiger partial charge in [0.25, 0.3) is 0 Å². The van der Waals surface area contributed by atoms with Crippen molar-refractivity contribution < 1.29 is 8.78 Å². The molecule has 0 radical (unpaired) electrons. The van der Waals surface area contributed by atoms with E-state index >= 15 is 0 Å². The van der Waals surface area contributed by atoms with Crippen LogP contribution in [0, 0.1) is 16.6 Å². The summed E-state index contributed by atoms with van der Waals surface area (Å²) in [5.74, 6) is -0.366. The van der Waals surface area contributed by atoms with Crippen molar-refractivity contribution in [3.63, 3.8) is 0 Å². The van der Waals surface area contributed by atoms with Crippen molar-refractivity contribution in [2.75, 3.05) is 37.3 Å². The number of alkyl halides is 1. The Morgan fingerprint density at radius 3 is 2.81 bits per heavy atom. The van der Waals surface area contributed by atoms with Crippen LogP contribution >= 0.6 is 0 Å². The number of hydrogen-bond acceptors (Lipinski definition) is 6. The van der Waals surface area contributed by atoms with Gasteiger partial charge in [-0.1, -0.05) is 0 Å². The molecule has 3 rings (SSSR count). The molecule has 0 amide bonds. The Balaban J connectivity index is 1.94. The maximum absolute atomic E-state index is 14.4. The van der Waals surface area contributed by atoms with E-state index < -0.39 is 17.9 Å². The number of nitrogens with zero attached hydrogens (tertiary/aromatic N) is 2. The highest BCUT2D eigenvalue weighted by atomic mass is 19.1. The van der Waals surface area contributed by atoms with E-state index in [1.165, 1.54) is 18.3 Å². The van der Waals surface area contributed by atoms with Crippen LogP contribution in [-0.2, 0) is 0 Å². The van der Waals surface area contributed by atoms with Gasteiger partial charge >= 0.3 is 0 Å². The molecule has 2 heterocycles.